The third kappa shape index (κ3) is 4.66. The lowest BCUT2D eigenvalue weighted by Gasteiger charge is -2.33. The van der Waals surface area contributed by atoms with Gasteiger partial charge in [0.2, 0.25) is 0 Å². The molecule has 0 aliphatic rings. The summed E-state index contributed by atoms with van der Waals surface area (Å²) in [4.78, 5) is 0. The molecule has 0 saturated carbocycles. The normalized spacial score (nSPS) is 12.0. The molecule has 0 aromatic carbocycles. The molecule has 1 nitrogen and oxygen atoms in total. The molecule has 0 atom stereocenters. The van der Waals surface area contributed by atoms with E-state index in [0.717, 1.165) is 0 Å². The molecule has 1 N–H and O–H groups in total. The summed E-state index contributed by atoms with van der Waals surface area (Å²) in [6.07, 6.45) is 8.12. The Hall–Kier alpha value is -0.0400. The van der Waals surface area contributed by atoms with Gasteiger partial charge in [0.05, 0.1) is 0 Å². The molecule has 0 aliphatic carbocycles. The lowest BCUT2D eigenvalue weighted by molar-refractivity contribution is 0.207. The van der Waals surface area contributed by atoms with Gasteiger partial charge in [-0.3, -0.25) is 0 Å². The minimum absolute atomic E-state index is 0.590. The first-order valence-corrected chi connectivity index (χ1v) is 5.89. The number of nitrogens with one attached hydrogen (secondary N) is 1. The molecular formula is C12H27N. The van der Waals surface area contributed by atoms with Gasteiger partial charge in [0.1, 0.15) is 0 Å². The Kier molecular flexibility index (Phi) is 7.35. The number of hydrogen-bond donors (Lipinski definition) is 1. The fourth-order valence-electron chi connectivity index (χ4n) is 2.61. The highest BCUT2D eigenvalue weighted by Crippen LogP contribution is 2.34. The second kappa shape index (κ2) is 7.37. The van der Waals surface area contributed by atoms with Crippen molar-refractivity contribution in [2.45, 2.75) is 59.3 Å². The van der Waals surface area contributed by atoms with Crippen molar-refractivity contribution in [1.29, 1.82) is 0 Å². The van der Waals surface area contributed by atoms with Gasteiger partial charge in [-0.1, -0.05) is 40.0 Å². The van der Waals surface area contributed by atoms with Crippen LogP contribution in [0, 0.1) is 5.41 Å². The van der Waals surface area contributed by atoms with Crippen molar-refractivity contribution in [3.8, 4) is 0 Å². The van der Waals surface area contributed by atoms with Crippen molar-refractivity contribution in [2.24, 2.45) is 5.41 Å². The van der Waals surface area contributed by atoms with Gasteiger partial charge in [-0.25, -0.2) is 0 Å². The van der Waals surface area contributed by atoms with Gasteiger partial charge in [0.15, 0.2) is 0 Å². The molecule has 0 aromatic heterocycles. The summed E-state index contributed by atoms with van der Waals surface area (Å²) in [6.45, 7) is 8.10. The van der Waals surface area contributed by atoms with E-state index in [-0.39, 0.29) is 0 Å². The highest BCUT2D eigenvalue weighted by atomic mass is 14.8. The third-order valence-electron chi connectivity index (χ3n) is 2.89. The first kappa shape index (κ1) is 13.0. The summed E-state index contributed by atoms with van der Waals surface area (Å²) in [5, 5.41) is 3.36. The first-order valence-electron chi connectivity index (χ1n) is 5.89. The molecule has 0 spiro atoms. The molecule has 0 fully saturated rings. The second-order valence-corrected chi connectivity index (χ2v) is 4.28. The van der Waals surface area contributed by atoms with Crippen molar-refractivity contribution in [1.82, 2.24) is 5.32 Å². The third-order valence-corrected chi connectivity index (χ3v) is 2.89. The van der Waals surface area contributed by atoms with Crippen molar-refractivity contribution in [2.75, 3.05) is 13.6 Å². The van der Waals surface area contributed by atoms with Gasteiger partial charge < -0.3 is 5.32 Å². The van der Waals surface area contributed by atoms with Crippen LogP contribution in [0.1, 0.15) is 59.3 Å². The van der Waals surface area contributed by atoms with Crippen LogP contribution < -0.4 is 5.32 Å². The lowest BCUT2D eigenvalue weighted by Crippen LogP contribution is -2.32. The van der Waals surface area contributed by atoms with E-state index in [1.54, 1.807) is 0 Å². The average Bonchev–Trinajstić information content (AvgIpc) is 2.06. The number of rotatable bonds is 8. The van der Waals surface area contributed by atoms with E-state index in [9.17, 15) is 0 Å². The van der Waals surface area contributed by atoms with E-state index >= 15 is 0 Å². The van der Waals surface area contributed by atoms with Crippen LogP contribution in [0.25, 0.3) is 0 Å². The quantitative estimate of drug-likeness (QED) is 0.609. The predicted molar refractivity (Wildman–Crippen MR) is 61.1 cm³/mol. The van der Waals surface area contributed by atoms with Crippen LogP contribution in [0.5, 0.6) is 0 Å². The average molecular weight is 185 g/mol. The van der Waals surface area contributed by atoms with E-state index in [0.29, 0.717) is 5.41 Å². The van der Waals surface area contributed by atoms with Crippen molar-refractivity contribution in [3.05, 3.63) is 0 Å². The summed E-state index contributed by atoms with van der Waals surface area (Å²) < 4.78 is 0. The van der Waals surface area contributed by atoms with Crippen LogP contribution in [0.2, 0.25) is 0 Å². The first-order chi connectivity index (χ1) is 6.24. The topological polar surface area (TPSA) is 12.0 Å². The predicted octanol–water partition coefficient (Wildman–Crippen LogP) is 3.59. The Bertz CT molecular complexity index is 80.2. The number of hydrogen-bond acceptors (Lipinski definition) is 1. The summed E-state index contributed by atoms with van der Waals surface area (Å²) in [6, 6.07) is 0. The van der Waals surface area contributed by atoms with Gasteiger partial charge in [0.25, 0.3) is 0 Å². The zero-order valence-corrected chi connectivity index (χ0v) is 9.95. The molecule has 0 aromatic rings. The zero-order valence-electron chi connectivity index (χ0n) is 9.95. The molecule has 1 heteroatoms. The van der Waals surface area contributed by atoms with Crippen molar-refractivity contribution in [3.63, 3.8) is 0 Å². The minimum Gasteiger partial charge on any atom is -0.319 e. The van der Waals surface area contributed by atoms with E-state index in [2.05, 4.69) is 33.1 Å². The van der Waals surface area contributed by atoms with Gasteiger partial charge in [-0.15, -0.1) is 0 Å². The molecule has 0 radical (unpaired) electrons. The fourth-order valence-corrected chi connectivity index (χ4v) is 2.61. The van der Waals surface area contributed by atoms with Crippen LogP contribution in [0.15, 0.2) is 0 Å². The molecular weight excluding hydrogens is 158 g/mol. The maximum Gasteiger partial charge on any atom is 0.000480 e. The maximum absolute atomic E-state index is 3.36. The van der Waals surface area contributed by atoms with Crippen LogP contribution in [0.4, 0.5) is 0 Å². The molecule has 0 heterocycles. The second-order valence-electron chi connectivity index (χ2n) is 4.28. The lowest BCUT2D eigenvalue weighted by atomic mass is 9.75. The maximum atomic E-state index is 3.36. The van der Waals surface area contributed by atoms with E-state index < -0.39 is 0 Å². The van der Waals surface area contributed by atoms with Gasteiger partial charge in [0, 0.05) is 6.54 Å². The van der Waals surface area contributed by atoms with Crippen LogP contribution in [0.3, 0.4) is 0 Å². The Labute approximate surface area is 84.3 Å². The monoisotopic (exact) mass is 185 g/mol. The molecule has 0 saturated heterocycles. The molecule has 0 rings (SSSR count). The minimum atomic E-state index is 0.590. The highest BCUT2D eigenvalue weighted by molar-refractivity contribution is 4.80. The molecule has 0 aliphatic heterocycles. The van der Waals surface area contributed by atoms with E-state index in [1.807, 2.05) is 0 Å². The summed E-state index contributed by atoms with van der Waals surface area (Å²) in [5.41, 5.74) is 0.590. The van der Waals surface area contributed by atoms with Gasteiger partial charge in [-0.2, -0.15) is 0 Å². The van der Waals surface area contributed by atoms with Gasteiger partial charge >= 0.3 is 0 Å². The smallest absolute Gasteiger partial charge is 0.000480 e. The summed E-state index contributed by atoms with van der Waals surface area (Å²) in [5.74, 6) is 0. The zero-order chi connectivity index (χ0) is 10.2. The molecule has 13 heavy (non-hydrogen) atoms. The largest absolute Gasteiger partial charge is 0.319 e. The van der Waals surface area contributed by atoms with Crippen molar-refractivity contribution < 1.29 is 0 Å². The Morgan fingerprint density at radius 3 is 1.46 bits per heavy atom. The molecule has 80 valence electrons. The molecule has 0 bridgehead atoms. The van der Waals surface area contributed by atoms with Crippen LogP contribution in [-0.2, 0) is 0 Å². The summed E-state index contributed by atoms with van der Waals surface area (Å²) in [7, 11) is 2.08. The molecule has 0 amide bonds. The SMILES string of the molecule is CCCC(CCC)(CCC)CNC. The van der Waals surface area contributed by atoms with Crippen LogP contribution >= 0.6 is 0 Å². The van der Waals surface area contributed by atoms with Crippen LogP contribution in [-0.4, -0.2) is 13.6 Å². The Morgan fingerprint density at radius 2 is 1.23 bits per heavy atom. The van der Waals surface area contributed by atoms with E-state index in [1.165, 1.54) is 45.1 Å². The van der Waals surface area contributed by atoms with Crippen molar-refractivity contribution >= 4 is 0 Å². The summed E-state index contributed by atoms with van der Waals surface area (Å²) >= 11 is 0. The Morgan fingerprint density at radius 1 is 0.846 bits per heavy atom. The standard InChI is InChI=1S/C12H27N/c1-5-8-12(9-6-2,10-7-3)11-13-4/h13H,5-11H2,1-4H3. The molecule has 0 unspecified atom stereocenters. The Balaban J connectivity index is 4.19. The fraction of sp³-hybridized carbons (Fsp3) is 1.00. The van der Waals surface area contributed by atoms with Gasteiger partial charge in [-0.05, 0) is 31.7 Å². The highest BCUT2D eigenvalue weighted by Gasteiger charge is 2.25. The van der Waals surface area contributed by atoms with E-state index in [4.69, 9.17) is 0 Å².